The number of Topliss-reactive ketones (excluding diaryl/α,β-unsaturated/α-hetero) is 2. The van der Waals surface area contributed by atoms with Gasteiger partial charge in [0.25, 0.3) is 11.8 Å². The lowest BCUT2D eigenvalue weighted by Gasteiger charge is -2.50. The fourth-order valence-corrected chi connectivity index (χ4v) is 7.28. The van der Waals surface area contributed by atoms with E-state index in [0.29, 0.717) is 28.1 Å². The van der Waals surface area contributed by atoms with E-state index in [-0.39, 0.29) is 35.5 Å². The molecule has 12 heteroatoms. The number of para-hydroxylation sites is 1. The van der Waals surface area contributed by atoms with Gasteiger partial charge in [0.05, 0.1) is 11.6 Å². The number of furan rings is 1. The maximum Gasteiger partial charge on any atom is 0.264 e. The third kappa shape index (κ3) is 3.58. The minimum atomic E-state index is -2.66. The van der Waals surface area contributed by atoms with Crippen molar-refractivity contribution in [3.63, 3.8) is 0 Å². The molecule has 4 aromatic rings. The van der Waals surface area contributed by atoms with Crippen LogP contribution in [0.4, 0.5) is 5.69 Å². The van der Waals surface area contributed by atoms with Gasteiger partial charge in [0.2, 0.25) is 5.78 Å². The fraction of sp³-hybridized carbons (Fsp3) is 0.312. The van der Waals surface area contributed by atoms with Crippen LogP contribution in [0.3, 0.4) is 0 Å². The zero-order chi connectivity index (χ0) is 31.4. The van der Waals surface area contributed by atoms with Crippen LogP contribution in [0.5, 0.6) is 0 Å². The third-order valence-electron chi connectivity index (χ3n) is 9.20. The average Bonchev–Trinajstić information content (AvgIpc) is 3.58. The highest BCUT2D eigenvalue weighted by Crippen LogP contribution is 2.53. The standard InChI is InChI=1S/C32H30N4O8/c1-35(2)18-12-17-27(44-31(34-17)20-11-13-7-5-6-8-19(13)43-20)22-15(18)9-14-10-16-24(36(3)4)26(38)23(30(33)41)29(40)32(16,42)28(39)21(14)25(22)37/h5-8,11-12,14,16,24,38-39,42H,9-10H2,1-4H3,(H2,33,41)/t14-,16-,24-,32-/m0/s1. The number of nitrogens with zero attached hydrogens (tertiary/aromatic N) is 3. The van der Waals surface area contributed by atoms with Crippen molar-refractivity contribution in [2.45, 2.75) is 24.5 Å². The number of benzene rings is 2. The molecule has 2 aromatic heterocycles. The number of aromatic nitrogens is 1. The van der Waals surface area contributed by atoms with Gasteiger partial charge in [0.1, 0.15) is 28.2 Å². The summed E-state index contributed by atoms with van der Waals surface area (Å²) >= 11 is 0. The quantitative estimate of drug-likeness (QED) is 0.253. The number of likely N-dealkylation sites (N-methyl/N-ethyl adjacent to an activating group) is 1. The number of aliphatic hydroxyl groups excluding tert-OH is 2. The molecule has 2 heterocycles. The molecule has 3 aliphatic carbocycles. The lowest BCUT2D eigenvalue weighted by atomic mass is 9.58. The number of rotatable bonds is 4. The number of ketones is 2. The summed E-state index contributed by atoms with van der Waals surface area (Å²) in [6, 6.07) is 10.0. The van der Waals surface area contributed by atoms with Crippen molar-refractivity contribution in [1.82, 2.24) is 9.88 Å². The van der Waals surface area contributed by atoms with Crippen molar-refractivity contribution in [2.24, 2.45) is 17.6 Å². The Balaban J connectivity index is 1.44. The monoisotopic (exact) mass is 598 g/mol. The van der Waals surface area contributed by atoms with Crippen LogP contribution in [0.1, 0.15) is 22.3 Å². The van der Waals surface area contributed by atoms with Gasteiger partial charge < -0.3 is 34.8 Å². The topological polar surface area (TPSA) is 184 Å². The number of anilines is 1. The molecule has 0 unspecified atom stereocenters. The number of carbonyl (C=O) groups excluding carboxylic acids is 3. The molecule has 1 amide bonds. The van der Waals surface area contributed by atoms with Crippen LogP contribution in [-0.2, 0) is 16.0 Å². The number of amides is 1. The zero-order valence-corrected chi connectivity index (χ0v) is 24.4. The zero-order valence-electron chi connectivity index (χ0n) is 24.4. The smallest absolute Gasteiger partial charge is 0.264 e. The Labute approximate surface area is 250 Å². The number of nitrogens with two attached hydrogens (primary N) is 1. The van der Waals surface area contributed by atoms with E-state index in [1.165, 1.54) is 0 Å². The van der Waals surface area contributed by atoms with E-state index in [2.05, 4.69) is 4.98 Å². The van der Waals surface area contributed by atoms with Gasteiger partial charge in [-0.2, -0.15) is 0 Å². The summed E-state index contributed by atoms with van der Waals surface area (Å²) in [5.74, 6) is -5.71. The van der Waals surface area contributed by atoms with Crippen molar-refractivity contribution in [3.05, 3.63) is 70.2 Å². The Hall–Kier alpha value is -4.94. The minimum absolute atomic E-state index is 0.0529. The van der Waals surface area contributed by atoms with Crippen molar-refractivity contribution < 1.29 is 38.5 Å². The van der Waals surface area contributed by atoms with Crippen LogP contribution < -0.4 is 10.6 Å². The number of fused-ring (bicyclic) bond motifs is 6. The Morgan fingerprint density at radius 2 is 1.82 bits per heavy atom. The molecule has 3 aliphatic rings. The molecule has 0 radical (unpaired) electrons. The first-order valence-corrected chi connectivity index (χ1v) is 14.1. The summed E-state index contributed by atoms with van der Waals surface area (Å²) in [5, 5.41) is 35.4. The van der Waals surface area contributed by atoms with Crippen LogP contribution in [0, 0.1) is 11.8 Å². The second-order valence-electron chi connectivity index (χ2n) is 12.1. The number of oxazole rings is 1. The lowest BCUT2D eigenvalue weighted by molar-refractivity contribution is -0.148. The van der Waals surface area contributed by atoms with E-state index in [4.69, 9.17) is 14.6 Å². The van der Waals surface area contributed by atoms with Crippen LogP contribution in [0.25, 0.3) is 33.7 Å². The maximum absolute atomic E-state index is 14.4. The van der Waals surface area contributed by atoms with Crippen LogP contribution in [0.15, 0.2) is 67.9 Å². The first-order chi connectivity index (χ1) is 20.8. The van der Waals surface area contributed by atoms with Crippen molar-refractivity contribution in [3.8, 4) is 11.7 Å². The highest BCUT2D eigenvalue weighted by molar-refractivity contribution is 6.25. The molecule has 0 aliphatic heterocycles. The summed E-state index contributed by atoms with van der Waals surface area (Å²) in [6.45, 7) is 0. The number of hydrogen-bond acceptors (Lipinski definition) is 11. The van der Waals surface area contributed by atoms with E-state index in [1.807, 2.05) is 49.3 Å². The number of aliphatic hydroxyl groups is 3. The van der Waals surface area contributed by atoms with Gasteiger partial charge in [-0.3, -0.25) is 19.3 Å². The maximum atomic E-state index is 14.4. The Kier molecular flexibility index (Phi) is 5.88. The van der Waals surface area contributed by atoms with Crippen LogP contribution in [0.2, 0.25) is 0 Å². The van der Waals surface area contributed by atoms with Crippen LogP contribution in [-0.4, -0.2) is 82.5 Å². The highest BCUT2D eigenvalue weighted by atomic mass is 16.4. The molecule has 4 atom stereocenters. The van der Waals surface area contributed by atoms with E-state index in [9.17, 15) is 29.7 Å². The van der Waals surface area contributed by atoms with E-state index < -0.39 is 58.0 Å². The molecule has 5 N–H and O–H groups in total. The van der Waals surface area contributed by atoms with Crippen LogP contribution >= 0.6 is 0 Å². The van der Waals surface area contributed by atoms with E-state index in [0.717, 1.165) is 5.39 Å². The Morgan fingerprint density at radius 1 is 1.09 bits per heavy atom. The normalized spacial score (nSPS) is 25.1. The van der Waals surface area contributed by atoms with E-state index in [1.54, 1.807) is 25.1 Å². The molecule has 0 saturated carbocycles. The number of hydrogen-bond donors (Lipinski definition) is 4. The molecule has 226 valence electrons. The Morgan fingerprint density at radius 3 is 2.48 bits per heavy atom. The van der Waals surface area contributed by atoms with Gasteiger partial charge in [0, 0.05) is 36.7 Å². The second kappa shape index (κ2) is 9.28. The lowest BCUT2D eigenvalue weighted by Crippen LogP contribution is -2.63. The molecular weight excluding hydrogens is 568 g/mol. The third-order valence-corrected chi connectivity index (χ3v) is 9.20. The van der Waals surface area contributed by atoms with Gasteiger partial charge in [-0.1, -0.05) is 18.2 Å². The largest absolute Gasteiger partial charge is 0.510 e. The molecule has 44 heavy (non-hydrogen) atoms. The van der Waals surface area contributed by atoms with Crippen molar-refractivity contribution >= 4 is 45.2 Å². The predicted molar refractivity (Wildman–Crippen MR) is 159 cm³/mol. The first-order valence-electron chi connectivity index (χ1n) is 14.1. The summed E-state index contributed by atoms with van der Waals surface area (Å²) in [7, 11) is 6.89. The molecule has 0 spiro atoms. The number of primary amides is 1. The average molecular weight is 599 g/mol. The van der Waals surface area contributed by atoms with Gasteiger partial charge in [0.15, 0.2) is 22.7 Å². The Bertz CT molecular complexity index is 1980. The second-order valence-corrected chi connectivity index (χ2v) is 12.1. The van der Waals surface area contributed by atoms with Gasteiger partial charge in [-0.15, -0.1) is 0 Å². The molecule has 0 fully saturated rings. The van der Waals surface area contributed by atoms with Crippen molar-refractivity contribution in [2.75, 3.05) is 33.1 Å². The molecule has 7 rings (SSSR count). The highest BCUT2D eigenvalue weighted by Gasteiger charge is 2.63. The molecule has 12 nitrogen and oxygen atoms in total. The summed E-state index contributed by atoms with van der Waals surface area (Å²) < 4.78 is 12.1. The minimum Gasteiger partial charge on any atom is -0.510 e. The van der Waals surface area contributed by atoms with Crippen molar-refractivity contribution in [1.29, 1.82) is 0 Å². The fourth-order valence-electron chi connectivity index (χ4n) is 7.28. The first kappa shape index (κ1) is 27.9. The summed E-state index contributed by atoms with van der Waals surface area (Å²) in [6.07, 6.45) is 0.315. The van der Waals surface area contributed by atoms with E-state index >= 15 is 0 Å². The van der Waals surface area contributed by atoms with Gasteiger partial charge in [-0.25, -0.2) is 4.98 Å². The molecule has 2 aromatic carbocycles. The predicted octanol–water partition coefficient (Wildman–Crippen LogP) is 3.04. The van der Waals surface area contributed by atoms with Gasteiger partial charge >= 0.3 is 0 Å². The number of carbonyl (C=O) groups is 3. The molecular formula is C32H30N4O8. The molecule has 0 bridgehead atoms. The SMILES string of the molecule is CN(C)c1cc2nc(-c3cc4ccccc4o3)oc2c2c1C[C@H]1C[C@H]3[C@H](N(C)C)C(O)=C(C(N)=O)C(=O)[C@@]3(O)C(O)=C1C2=O. The number of allylic oxidation sites excluding steroid dienone is 1. The summed E-state index contributed by atoms with van der Waals surface area (Å²) in [4.78, 5) is 48.3. The summed E-state index contributed by atoms with van der Waals surface area (Å²) in [5.41, 5.74) is 4.55. The molecule has 0 saturated heterocycles. The van der Waals surface area contributed by atoms with Gasteiger partial charge in [-0.05, 0) is 56.6 Å².